The number of nitrogens with zero attached hydrogens (tertiary/aromatic N) is 2. The van der Waals surface area contributed by atoms with Crippen LogP contribution in [-0.2, 0) is 4.79 Å². The van der Waals surface area contributed by atoms with Crippen molar-refractivity contribution in [1.29, 1.82) is 0 Å². The Kier molecular flexibility index (Phi) is 3.14. The maximum absolute atomic E-state index is 10.0. The highest BCUT2D eigenvalue weighted by Crippen LogP contribution is 2.12. The van der Waals surface area contributed by atoms with E-state index >= 15 is 0 Å². The molecule has 0 radical (unpaired) electrons. The van der Waals surface area contributed by atoms with Crippen LogP contribution in [0.4, 0.5) is 0 Å². The van der Waals surface area contributed by atoms with Gasteiger partial charge in [-0.05, 0) is 25.0 Å². The van der Waals surface area contributed by atoms with Crippen LogP contribution in [-0.4, -0.2) is 16.4 Å². The van der Waals surface area contributed by atoms with E-state index in [1.807, 2.05) is 13.8 Å². The SMILES string of the molecule is C/C(=C/NC=O)c1ncncc1C. The lowest BCUT2D eigenvalue weighted by molar-refractivity contribution is -0.108. The molecule has 1 aromatic rings. The minimum Gasteiger partial charge on any atom is -0.335 e. The number of amides is 1. The van der Waals surface area contributed by atoms with Crippen LogP contribution in [0, 0.1) is 6.92 Å². The van der Waals surface area contributed by atoms with Crippen molar-refractivity contribution in [3.63, 3.8) is 0 Å². The number of allylic oxidation sites excluding steroid dienone is 1. The molecule has 1 aromatic heterocycles. The molecular formula is C9H11N3O. The molecule has 1 amide bonds. The van der Waals surface area contributed by atoms with E-state index in [0.717, 1.165) is 16.8 Å². The molecule has 4 heteroatoms. The molecular weight excluding hydrogens is 166 g/mol. The van der Waals surface area contributed by atoms with Gasteiger partial charge in [-0.2, -0.15) is 0 Å². The third-order valence-corrected chi connectivity index (χ3v) is 1.64. The molecule has 0 fully saturated rings. The first kappa shape index (κ1) is 9.38. The molecule has 68 valence electrons. The Morgan fingerprint density at radius 2 is 2.38 bits per heavy atom. The van der Waals surface area contributed by atoms with E-state index in [4.69, 9.17) is 0 Å². The second-order valence-corrected chi connectivity index (χ2v) is 2.67. The zero-order valence-corrected chi connectivity index (χ0v) is 7.61. The molecule has 1 rings (SSSR count). The Labute approximate surface area is 76.7 Å². The van der Waals surface area contributed by atoms with Gasteiger partial charge in [-0.15, -0.1) is 0 Å². The molecule has 1 N–H and O–H groups in total. The molecule has 1 heterocycles. The van der Waals surface area contributed by atoms with E-state index in [2.05, 4.69) is 15.3 Å². The fourth-order valence-corrected chi connectivity index (χ4v) is 1.04. The largest absolute Gasteiger partial charge is 0.335 e. The first-order chi connectivity index (χ1) is 6.25. The quantitative estimate of drug-likeness (QED) is 0.697. The number of hydrogen-bond donors (Lipinski definition) is 1. The monoisotopic (exact) mass is 177 g/mol. The van der Waals surface area contributed by atoms with Crippen molar-refractivity contribution in [2.45, 2.75) is 13.8 Å². The van der Waals surface area contributed by atoms with Crippen molar-refractivity contribution in [1.82, 2.24) is 15.3 Å². The number of rotatable bonds is 3. The molecule has 0 atom stereocenters. The number of carbonyl (C=O) groups is 1. The van der Waals surface area contributed by atoms with E-state index in [9.17, 15) is 4.79 Å². The van der Waals surface area contributed by atoms with Crippen molar-refractivity contribution < 1.29 is 4.79 Å². The van der Waals surface area contributed by atoms with Crippen molar-refractivity contribution in [2.24, 2.45) is 0 Å². The Hall–Kier alpha value is -1.71. The van der Waals surface area contributed by atoms with E-state index in [0.29, 0.717) is 6.41 Å². The van der Waals surface area contributed by atoms with Gasteiger partial charge >= 0.3 is 0 Å². The van der Waals surface area contributed by atoms with Crippen LogP contribution in [0.2, 0.25) is 0 Å². The molecule has 0 bridgehead atoms. The standard InChI is InChI=1S/C9H11N3O/c1-7-3-10-5-12-9(7)8(2)4-11-6-13/h3-6H,1-2H3,(H,11,13)/b8-4-. The van der Waals surface area contributed by atoms with Crippen molar-refractivity contribution in [2.75, 3.05) is 0 Å². The Bertz CT molecular complexity index is 333. The molecule has 0 saturated heterocycles. The summed E-state index contributed by atoms with van der Waals surface area (Å²) in [6.45, 7) is 3.80. The lowest BCUT2D eigenvalue weighted by Crippen LogP contribution is -2.02. The highest BCUT2D eigenvalue weighted by atomic mass is 16.1. The predicted molar refractivity (Wildman–Crippen MR) is 49.6 cm³/mol. The van der Waals surface area contributed by atoms with E-state index in [-0.39, 0.29) is 0 Å². The first-order valence-corrected chi connectivity index (χ1v) is 3.89. The first-order valence-electron chi connectivity index (χ1n) is 3.89. The van der Waals surface area contributed by atoms with E-state index < -0.39 is 0 Å². The van der Waals surface area contributed by atoms with Crippen LogP contribution < -0.4 is 5.32 Å². The van der Waals surface area contributed by atoms with Crippen LogP contribution in [0.3, 0.4) is 0 Å². The van der Waals surface area contributed by atoms with Gasteiger partial charge in [0.15, 0.2) is 0 Å². The van der Waals surface area contributed by atoms with Gasteiger partial charge in [0.05, 0.1) is 5.69 Å². The summed E-state index contributed by atoms with van der Waals surface area (Å²) in [6.07, 6.45) is 5.46. The minimum absolute atomic E-state index is 0.625. The summed E-state index contributed by atoms with van der Waals surface area (Å²) in [5, 5.41) is 2.47. The van der Waals surface area contributed by atoms with Gasteiger partial charge in [0.2, 0.25) is 6.41 Å². The van der Waals surface area contributed by atoms with Crippen LogP contribution in [0.1, 0.15) is 18.2 Å². The summed E-state index contributed by atoms with van der Waals surface area (Å²) >= 11 is 0. The average Bonchev–Trinajstić information content (AvgIpc) is 2.15. The Balaban J connectivity index is 2.94. The molecule has 0 aromatic carbocycles. The van der Waals surface area contributed by atoms with Crippen molar-refractivity contribution in [3.05, 3.63) is 30.0 Å². The van der Waals surface area contributed by atoms with Crippen molar-refractivity contribution >= 4 is 12.0 Å². The smallest absolute Gasteiger partial charge is 0.211 e. The lowest BCUT2D eigenvalue weighted by atomic mass is 10.1. The van der Waals surface area contributed by atoms with Crippen molar-refractivity contribution in [3.8, 4) is 0 Å². The number of aryl methyl sites for hydroxylation is 1. The van der Waals surface area contributed by atoms with Crippen LogP contribution in [0.25, 0.3) is 5.57 Å². The Morgan fingerprint density at radius 3 is 3.00 bits per heavy atom. The number of hydrogen-bond acceptors (Lipinski definition) is 3. The number of aromatic nitrogens is 2. The fourth-order valence-electron chi connectivity index (χ4n) is 1.04. The number of nitrogens with one attached hydrogen (secondary N) is 1. The molecule has 0 aliphatic carbocycles. The maximum atomic E-state index is 10.0. The summed E-state index contributed by atoms with van der Waals surface area (Å²) in [4.78, 5) is 18.0. The third-order valence-electron chi connectivity index (χ3n) is 1.64. The topological polar surface area (TPSA) is 54.9 Å². The zero-order valence-electron chi connectivity index (χ0n) is 7.61. The molecule has 0 spiro atoms. The van der Waals surface area contributed by atoms with Gasteiger partial charge in [-0.3, -0.25) is 4.79 Å². The summed E-state index contributed by atoms with van der Waals surface area (Å²) in [5.41, 5.74) is 2.75. The second-order valence-electron chi connectivity index (χ2n) is 2.67. The van der Waals surface area contributed by atoms with E-state index in [1.165, 1.54) is 6.33 Å². The lowest BCUT2D eigenvalue weighted by Gasteiger charge is -2.02. The highest BCUT2D eigenvalue weighted by molar-refractivity contribution is 5.64. The number of carbonyl (C=O) groups excluding carboxylic acids is 1. The zero-order chi connectivity index (χ0) is 9.68. The Morgan fingerprint density at radius 1 is 1.62 bits per heavy atom. The normalized spacial score (nSPS) is 11.1. The van der Waals surface area contributed by atoms with E-state index in [1.54, 1.807) is 12.4 Å². The van der Waals surface area contributed by atoms with Crippen LogP contribution in [0.15, 0.2) is 18.7 Å². The molecule has 4 nitrogen and oxygen atoms in total. The van der Waals surface area contributed by atoms with Crippen LogP contribution in [0.5, 0.6) is 0 Å². The van der Waals surface area contributed by atoms with Gasteiger partial charge in [-0.1, -0.05) is 0 Å². The summed E-state index contributed by atoms with van der Waals surface area (Å²) in [5.74, 6) is 0. The molecule has 0 aliphatic rings. The average molecular weight is 177 g/mol. The minimum atomic E-state index is 0.625. The summed E-state index contributed by atoms with van der Waals surface area (Å²) < 4.78 is 0. The second kappa shape index (κ2) is 4.35. The van der Waals surface area contributed by atoms with Gasteiger partial charge in [0.1, 0.15) is 6.33 Å². The van der Waals surface area contributed by atoms with Gasteiger partial charge in [0, 0.05) is 12.4 Å². The summed E-state index contributed by atoms with van der Waals surface area (Å²) in [6, 6.07) is 0. The maximum Gasteiger partial charge on any atom is 0.211 e. The van der Waals surface area contributed by atoms with Gasteiger partial charge < -0.3 is 5.32 Å². The third kappa shape index (κ3) is 2.37. The predicted octanol–water partition coefficient (Wildman–Crippen LogP) is 0.892. The summed E-state index contributed by atoms with van der Waals surface area (Å²) in [7, 11) is 0. The highest BCUT2D eigenvalue weighted by Gasteiger charge is 2.00. The molecule has 13 heavy (non-hydrogen) atoms. The molecule has 0 unspecified atom stereocenters. The fraction of sp³-hybridized carbons (Fsp3) is 0.222. The van der Waals surface area contributed by atoms with Crippen LogP contribution >= 0.6 is 0 Å². The van der Waals surface area contributed by atoms with Gasteiger partial charge in [-0.25, -0.2) is 9.97 Å². The van der Waals surface area contributed by atoms with Gasteiger partial charge in [0.25, 0.3) is 0 Å². The molecule has 0 saturated carbocycles. The molecule has 0 aliphatic heterocycles.